The lowest BCUT2D eigenvalue weighted by Gasteiger charge is -2.24. The van der Waals surface area contributed by atoms with Gasteiger partial charge in [-0.05, 0) is 44.0 Å². The SMILES string of the molecule is Cc1cc(CN2CCCC2CN)c2ccccc2n1.Cl.Cl. The van der Waals surface area contributed by atoms with Crippen molar-refractivity contribution in [3.05, 3.63) is 41.6 Å². The van der Waals surface area contributed by atoms with Crippen LogP contribution < -0.4 is 5.73 Å². The van der Waals surface area contributed by atoms with Crippen LogP contribution in [0.5, 0.6) is 0 Å². The number of benzene rings is 1. The number of pyridine rings is 1. The number of rotatable bonds is 3. The molecule has 21 heavy (non-hydrogen) atoms. The van der Waals surface area contributed by atoms with E-state index in [0.717, 1.165) is 30.8 Å². The van der Waals surface area contributed by atoms with Gasteiger partial charge in [0.1, 0.15) is 0 Å². The van der Waals surface area contributed by atoms with Gasteiger partial charge in [0.25, 0.3) is 0 Å². The molecule has 1 unspecified atom stereocenters. The van der Waals surface area contributed by atoms with Crippen molar-refractivity contribution in [1.29, 1.82) is 0 Å². The van der Waals surface area contributed by atoms with Gasteiger partial charge in [0.15, 0.2) is 0 Å². The maximum Gasteiger partial charge on any atom is 0.0708 e. The number of nitrogens with zero attached hydrogens (tertiary/aromatic N) is 2. The summed E-state index contributed by atoms with van der Waals surface area (Å²) in [6.07, 6.45) is 2.50. The van der Waals surface area contributed by atoms with E-state index in [1.165, 1.54) is 23.8 Å². The molecule has 2 aromatic rings. The molecule has 1 atom stereocenters. The molecule has 1 saturated heterocycles. The number of fused-ring (bicyclic) bond motifs is 1. The highest BCUT2D eigenvalue weighted by atomic mass is 35.5. The molecule has 0 bridgehead atoms. The number of aromatic nitrogens is 1. The Morgan fingerprint density at radius 1 is 1.29 bits per heavy atom. The number of para-hydroxylation sites is 1. The minimum atomic E-state index is 0. The van der Waals surface area contributed by atoms with Crippen LogP contribution >= 0.6 is 24.8 Å². The molecule has 3 nitrogen and oxygen atoms in total. The normalized spacial score (nSPS) is 18.3. The summed E-state index contributed by atoms with van der Waals surface area (Å²) in [5.74, 6) is 0. The van der Waals surface area contributed by atoms with Crippen LogP contribution in [0.3, 0.4) is 0 Å². The Hall–Kier alpha value is -0.870. The number of likely N-dealkylation sites (tertiary alicyclic amines) is 1. The van der Waals surface area contributed by atoms with Crippen LogP contribution in [0.1, 0.15) is 24.1 Å². The van der Waals surface area contributed by atoms with E-state index in [2.05, 4.69) is 47.1 Å². The molecule has 0 radical (unpaired) electrons. The van der Waals surface area contributed by atoms with Crippen molar-refractivity contribution in [2.45, 2.75) is 32.4 Å². The fourth-order valence-electron chi connectivity index (χ4n) is 3.11. The second-order valence-corrected chi connectivity index (χ2v) is 5.44. The third-order valence-electron chi connectivity index (χ3n) is 4.07. The number of hydrogen-bond acceptors (Lipinski definition) is 3. The van der Waals surface area contributed by atoms with Crippen LogP contribution in [-0.4, -0.2) is 29.0 Å². The predicted octanol–water partition coefficient (Wildman–Crippen LogP) is 3.31. The van der Waals surface area contributed by atoms with E-state index in [9.17, 15) is 0 Å². The first-order valence-electron chi connectivity index (χ1n) is 7.07. The van der Waals surface area contributed by atoms with Crippen LogP contribution in [0.2, 0.25) is 0 Å². The molecular weight excluding hydrogens is 305 g/mol. The molecule has 1 aliphatic rings. The van der Waals surface area contributed by atoms with E-state index in [-0.39, 0.29) is 24.8 Å². The first-order chi connectivity index (χ1) is 9.28. The Balaban J connectivity index is 0.00000110. The summed E-state index contributed by atoms with van der Waals surface area (Å²) in [6.45, 7) is 4.99. The zero-order valence-corrected chi connectivity index (χ0v) is 13.9. The van der Waals surface area contributed by atoms with Crippen LogP contribution in [0, 0.1) is 6.92 Å². The molecule has 0 spiro atoms. The first kappa shape index (κ1) is 18.2. The highest BCUT2D eigenvalue weighted by molar-refractivity contribution is 5.85. The van der Waals surface area contributed by atoms with Gasteiger partial charge < -0.3 is 5.73 Å². The third-order valence-corrected chi connectivity index (χ3v) is 4.07. The van der Waals surface area contributed by atoms with E-state index in [1.807, 2.05) is 0 Å². The minimum absolute atomic E-state index is 0. The molecule has 1 aromatic heterocycles. The summed E-state index contributed by atoms with van der Waals surface area (Å²) < 4.78 is 0. The average molecular weight is 328 g/mol. The molecule has 5 heteroatoms. The average Bonchev–Trinajstić information content (AvgIpc) is 2.86. The molecule has 0 aliphatic carbocycles. The van der Waals surface area contributed by atoms with Crippen LogP contribution in [0.4, 0.5) is 0 Å². The summed E-state index contributed by atoms with van der Waals surface area (Å²) in [7, 11) is 0. The summed E-state index contributed by atoms with van der Waals surface area (Å²) >= 11 is 0. The van der Waals surface area contributed by atoms with Gasteiger partial charge in [-0.15, -0.1) is 24.8 Å². The molecule has 3 rings (SSSR count). The summed E-state index contributed by atoms with van der Waals surface area (Å²) in [4.78, 5) is 7.12. The van der Waals surface area contributed by atoms with Gasteiger partial charge in [0.05, 0.1) is 5.52 Å². The lowest BCUT2D eigenvalue weighted by Crippen LogP contribution is -2.34. The fraction of sp³-hybridized carbons (Fsp3) is 0.438. The van der Waals surface area contributed by atoms with Gasteiger partial charge in [0, 0.05) is 30.2 Å². The molecular formula is C16H23Cl2N3. The third kappa shape index (κ3) is 3.86. The molecule has 2 heterocycles. The molecule has 0 amide bonds. The summed E-state index contributed by atoms with van der Waals surface area (Å²) in [5.41, 5.74) is 9.44. The number of halogens is 2. The Bertz CT molecular complexity index is 589. The smallest absolute Gasteiger partial charge is 0.0708 e. The number of aryl methyl sites for hydroxylation is 1. The molecule has 1 aromatic carbocycles. The Morgan fingerprint density at radius 2 is 2.05 bits per heavy atom. The van der Waals surface area contributed by atoms with Crippen LogP contribution in [-0.2, 0) is 6.54 Å². The first-order valence-corrected chi connectivity index (χ1v) is 7.07. The van der Waals surface area contributed by atoms with Crippen LogP contribution in [0.15, 0.2) is 30.3 Å². The topological polar surface area (TPSA) is 42.1 Å². The van der Waals surface area contributed by atoms with Crippen molar-refractivity contribution in [1.82, 2.24) is 9.88 Å². The number of hydrogen-bond donors (Lipinski definition) is 1. The fourth-order valence-corrected chi connectivity index (χ4v) is 3.11. The lowest BCUT2D eigenvalue weighted by atomic mass is 10.1. The van der Waals surface area contributed by atoms with E-state index in [1.54, 1.807) is 0 Å². The van der Waals surface area contributed by atoms with E-state index >= 15 is 0 Å². The quantitative estimate of drug-likeness (QED) is 0.940. The zero-order valence-electron chi connectivity index (χ0n) is 12.3. The maximum absolute atomic E-state index is 5.87. The van der Waals surface area contributed by atoms with E-state index < -0.39 is 0 Å². The second kappa shape index (κ2) is 7.95. The molecule has 116 valence electrons. The Kier molecular flexibility index (Phi) is 6.88. The predicted molar refractivity (Wildman–Crippen MR) is 93.5 cm³/mol. The van der Waals surface area contributed by atoms with Gasteiger partial charge in [-0.1, -0.05) is 18.2 Å². The van der Waals surface area contributed by atoms with Gasteiger partial charge in [-0.3, -0.25) is 9.88 Å². The molecule has 2 N–H and O–H groups in total. The van der Waals surface area contributed by atoms with E-state index in [4.69, 9.17) is 5.73 Å². The van der Waals surface area contributed by atoms with Crippen molar-refractivity contribution in [3.8, 4) is 0 Å². The standard InChI is InChI=1S/C16H21N3.2ClH/c1-12-9-13(11-19-8-4-5-14(19)10-17)15-6-2-3-7-16(15)18-12;;/h2-3,6-7,9,14H,4-5,8,10-11,17H2,1H3;2*1H. The van der Waals surface area contributed by atoms with Crippen molar-refractivity contribution in [2.75, 3.05) is 13.1 Å². The highest BCUT2D eigenvalue weighted by Crippen LogP contribution is 2.24. The molecule has 0 saturated carbocycles. The van der Waals surface area contributed by atoms with Crippen LogP contribution in [0.25, 0.3) is 10.9 Å². The highest BCUT2D eigenvalue weighted by Gasteiger charge is 2.23. The van der Waals surface area contributed by atoms with Gasteiger partial charge >= 0.3 is 0 Å². The van der Waals surface area contributed by atoms with Gasteiger partial charge in [0.2, 0.25) is 0 Å². The van der Waals surface area contributed by atoms with E-state index in [0.29, 0.717) is 6.04 Å². The van der Waals surface area contributed by atoms with Crippen molar-refractivity contribution >= 4 is 35.7 Å². The number of nitrogens with two attached hydrogens (primary N) is 1. The Labute approximate surface area is 138 Å². The van der Waals surface area contributed by atoms with Gasteiger partial charge in [-0.2, -0.15) is 0 Å². The summed E-state index contributed by atoms with van der Waals surface area (Å²) in [6, 6.07) is 11.2. The van der Waals surface area contributed by atoms with Crippen molar-refractivity contribution < 1.29 is 0 Å². The lowest BCUT2D eigenvalue weighted by molar-refractivity contribution is 0.251. The molecule has 1 fully saturated rings. The monoisotopic (exact) mass is 327 g/mol. The Morgan fingerprint density at radius 3 is 2.81 bits per heavy atom. The summed E-state index contributed by atoms with van der Waals surface area (Å²) in [5, 5.41) is 1.27. The maximum atomic E-state index is 5.87. The van der Waals surface area contributed by atoms with Crippen molar-refractivity contribution in [3.63, 3.8) is 0 Å². The largest absolute Gasteiger partial charge is 0.329 e. The van der Waals surface area contributed by atoms with Crippen molar-refractivity contribution in [2.24, 2.45) is 5.73 Å². The minimum Gasteiger partial charge on any atom is -0.329 e. The zero-order chi connectivity index (χ0) is 13.2. The second-order valence-electron chi connectivity index (χ2n) is 5.44. The van der Waals surface area contributed by atoms with Gasteiger partial charge in [-0.25, -0.2) is 0 Å². The molecule has 1 aliphatic heterocycles.